The number of carbonyl (C=O) groups excluding carboxylic acids is 1. The highest BCUT2D eigenvalue weighted by Crippen LogP contribution is 2.56. The van der Waals surface area contributed by atoms with Crippen LogP contribution in [0.3, 0.4) is 0 Å². The van der Waals surface area contributed by atoms with Gasteiger partial charge in [0.1, 0.15) is 11.1 Å². The number of carbonyl (C=O) groups is 1. The molecule has 0 bridgehead atoms. The maximum absolute atomic E-state index is 12.3. The number of nitrogens with two attached hydrogens (primary N) is 1. The first-order chi connectivity index (χ1) is 10.8. The SMILES string of the molecule is CCC1(CC)[C@@H](ON=C(C)C)N=C(Cl)C(C#N)[C@@]1(C#N)C(N)=O. The lowest BCUT2D eigenvalue weighted by Gasteiger charge is -2.49. The molecule has 3 atom stereocenters. The van der Waals surface area contributed by atoms with Crippen LogP contribution in [-0.2, 0) is 9.63 Å². The van der Waals surface area contributed by atoms with E-state index in [2.05, 4.69) is 10.1 Å². The molecule has 0 aliphatic carbocycles. The Morgan fingerprint density at radius 2 is 2.00 bits per heavy atom. The van der Waals surface area contributed by atoms with E-state index in [1.54, 1.807) is 27.7 Å². The lowest BCUT2D eigenvalue weighted by Crippen LogP contribution is -2.62. The highest BCUT2D eigenvalue weighted by molar-refractivity contribution is 6.66. The zero-order valence-corrected chi connectivity index (χ0v) is 14.4. The van der Waals surface area contributed by atoms with E-state index >= 15 is 0 Å². The standard InChI is InChI=1S/C15H20ClN5O2/c1-5-14(6-2)13(23-21-9(3)4)20-11(16)10(7-17)15(14,8-18)12(19)22/h10,13H,5-6H2,1-4H3,(H2,19,22)/t10?,13-,15+/m1/s1. The van der Waals surface area contributed by atoms with Crippen molar-refractivity contribution in [2.75, 3.05) is 0 Å². The van der Waals surface area contributed by atoms with E-state index in [0.29, 0.717) is 18.6 Å². The average molecular weight is 338 g/mol. The maximum atomic E-state index is 12.3. The van der Waals surface area contributed by atoms with Crippen LogP contribution < -0.4 is 5.73 Å². The van der Waals surface area contributed by atoms with Crippen molar-refractivity contribution < 1.29 is 9.63 Å². The summed E-state index contributed by atoms with van der Waals surface area (Å²) in [6.45, 7) is 7.05. The largest absolute Gasteiger partial charge is 0.368 e. The van der Waals surface area contributed by atoms with E-state index in [1.807, 2.05) is 12.1 Å². The molecule has 1 aliphatic rings. The fourth-order valence-electron chi connectivity index (χ4n) is 3.18. The molecule has 0 aromatic rings. The van der Waals surface area contributed by atoms with Gasteiger partial charge in [0, 0.05) is 0 Å². The van der Waals surface area contributed by atoms with E-state index in [9.17, 15) is 15.3 Å². The first kappa shape index (κ1) is 18.9. The summed E-state index contributed by atoms with van der Waals surface area (Å²) in [7, 11) is 0. The second-order valence-electron chi connectivity index (χ2n) is 5.66. The number of aliphatic imine (C=N–C) groups is 1. The quantitative estimate of drug-likeness (QED) is 0.610. The van der Waals surface area contributed by atoms with Crippen LogP contribution in [0.4, 0.5) is 0 Å². The van der Waals surface area contributed by atoms with Gasteiger partial charge in [-0.2, -0.15) is 10.5 Å². The van der Waals surface area contributed by atoms with E-state index in [1.165, 1.54) is 0 Å². The van der Waals surface area contributed by atoms with Crippen molar-refractivity contribution >= 4 is 28.4 Å². The van der Waals surface area contributed by atoms with Gasteiger partial charge in [-0.05, 0) is 26.7 Å². The molecule has 7 nitrogen and oxygen atoms in total. The van der Waals surface area contributed by atoms with Gasteiger partial charge >= 0.3 is 0 Å². The van der Waals surface area contributed by atoms with Gasteiger partial charge in [-0.3, -0.25) is 4.79 Å². The number of nitriles is 2. The fraction of sp³-hybridized carbons (Fsp3) is 0.667. The van der Waals surface area contributed by atoms with Crippen molar-refractivity contribution in [3.8, 4) is 12.1 Å². The van der Waals surface area contributed by atoms with E-state index < -0.39 is 28.9 Å². The van der Waals surface area contributed by atoms with Gasteiger partial charge < -0.3 is 10.6 Å². The molecule has 1 rings (SSSR count). The summed E-state index contributed by atoms with van der Waals surface area (Å²) in [5, 5.41) is 23.0. The number of hydrogen-bond acceptors (Lipinski definition) is 6. The third-order valence-electron chi connectivity index (χ3n) is 4.46. The monoisotopic (exact) mass is 337 g/mol. The summed E-state index contributed by atoms with van der Waals surface area (Å²) >= 11 is 6.08. The average Bonchev–Trinajstić information content (AvgIpc) is 2.51. The summed E-state index contributed by atoms with van der Waals surface area (Å²) in [6, 6.07) is 3.88. The number of amides is 1. The molecule has 1 aliphatic heterocycles. The molecule has 1 heterocycles. The molecule has 1 unspecified atom stereocenters. The van der Waals surface area contributed by atoms with Gasteiger partial charge in [-0.25, -0.2) is 4.99 Å². The number of oxime groups is 1. The van der Waals surface area contributed by atoms with Crippen LogP contribution in [0.15, 0.2) is 10.1 Å². The topological polar surface area (TPSA) is 125 Å². The Balaban J connectivity index is 3.73. The molecule has 0 aromatic carbocycles. The summed E-state index contributed by atoms with van der Waals surface area (Å²) in [5.41, 5.74) is 3.26. The van der Waals surface area contributed by atoms with E-state index in [0.717, 1.165) is 0 Å². The molecule has 0 aromatic heterocycles. The van der Waals surface area contributed by atoms with Gasteiger partial charge in [-0.15, -0.1) is 0 Å². The molecule has 0 saturated heterocycles. The van der Waals surface area contributed by atoms with Crippen molar-refractivity contribution in [2.24, 2.45) is 32.6 Å². The van der Waals surface area contributed by atoms with Gasteiger partial charge in [0.25, 0.3) is 0 Å². The molecule has 1 amide bonds. The van der Waals surface area contributed by atoms with Crippen LogP contribution in [0.1, 0.15) is 40.5 Å². The van der Waals surface area contributed by atoms with Crippen molar-refractivity contribution in [1.29, 1.82) is 10.5 Å². The molecule has 0 saturated carbocycles. The zero-order valence-electron chi connectivity index (χ0n) is 13.6. The Morgan fingerprint density at radius 3 is 2.35 bits per heavy atom. The number of rotatable bonds is 5. The minimum absolute atomic E-state index is 0.167. The highest BCUT2D eigenvalue weighted by atomic mass is 35.5. The zero-order chi connectivity index (χ0) is 17.8. The van der Waals surface area contributed by atoms with Gasteiger partial charge in [0.2, 0.25) is 12.1 Å². The van der Waals surface area contributed by atoms with Crippen molar-refractivity contribution in [3.05, 3.63) is 0 Å². The lowest BCUT2D eigenvalue weighted by atomic mass is 9.53. The normalized spacial score (nSPS) is 28.7. The molecular formula is C15H20ClN5O2. The first-order valence-electron chi connectivity index (χ1n) is 7.28. The third kappa shape index (κ3) is 2.66. The molecule has 8 heteroatoms. The number of nitrogens with zero attached hydrogens (tertiary/aromatic N) is 4. The number of primary amides is 1. The molecule has 2 N–H and O–H groups in total. The third-order valence-corrected chi connectivity index (χ3v) is 4.78. The van der Waals surface area contributed by atoms with E-state index in [-0.39, 0.29) is 5.17 Å². The second kappa shape index (κ2) is 6.97. The Bertz CT molecular complexity index is 623. The van der Waals surface area contributed by atoms with Crippen molar-refractivity contribution in [1.82, 2.24) is 0 Å². The maximum Gasteiger partial charge on any atom is 0.240 e. The predicted octanol–water partition coefficient (Wildman–Crippen LogP) is 2.32. The van der Waals surface area contributed by atoms with Gasteiger partial charge in [-0.1, -0.05) is 30.6 Å². The van der Waals surface area contributed by atoms with E-state index in [4.69, 9.17) is 22.2 Å². The molecule has 0 fully saturated rings. The fourth-order valence-corrected chi connectivity index (χ4v) is 3.48. The molecule has 0 spiro atoms. The lowest BCUT2D eigenvalue weighted by molar-refractivity contribution is -0.149. The van der Waals surface area contributed by atoms with Crippen molar-refractivity contribution in [2.45, 2.75) is 46.8 Å². The predicted molar refractivity (Wildman–Crippen MR) is 86.3 cm³/mol. The Morgan fingerprint density at radius 1 is 1.43 bits per heavy atom. The minimum Gasteiger partial charge on any atom is -0.368 e. The number of halogens is 1. The minimum atomic E-state index is -1.84. The van der Waals surface area contributed by atoms with Crippen LogP contribution in [-0.4, -0.2) is 23.0 Å². The Kier molecular flexibility index (Phi) is 5.74. The van der Waals surface area contributed by atoms with Crippen LogP contribution in [0, 0.1) is 39.4 Å². The molecule has 0 radical (unpaired) electrons. The second-order valence-corrected chi connectivity index (χ2v) is 6.04. The molecule has 124 valence electrons. The summed E-state index contributed by atoms with van der Waals surface area (Å²) < 4.78 is 0. The van der Waals surface area contributed by atoms with Gasteiger partial charge in [0.05, 0.1) is 23.3 Å². The van der Waals surface area contributed by atoms with Gasteiger partial charge in [0.15, 0.2) is 5.41 Å². The van der Waals surface area contributed by atoms with Crippen LogP contribution in [0.25, 0.3) is 0 Å². The molecule has 23 heavy (non-hydrogen) atoms. The van der Waals surface area contributed by atoms with Crippen LogP contribution in [0.2, 0.25) is 0 Å². The summed E-state index contributed by atoms with van der Waals surface area (Å²) in [5.74, 6) is -2.15. The molecular weight excluding hydrogens is 318 g/mol. The van der Waals surface area contributed by atoms with Crippen LogP contribution >= 0.6 is 11.6 Å². The van der Waals surface area contributed by atoms with Crippen molar-refractivity contribution in [3.63, 3.8) is 0 Å². The first-order valence-corrected chi connectivity index (χ1v) is 7.66. The smallest absolute Gasteiger partial charge is 0.240 e. The summed E-state index contributed by atoms with van der Waals surface area (Å²) in [4.78, 5) is 21.9. The number of hydrogen-bond donors (Lipinski definition) is 1. The Hall–Kier alpha value is -2.12. The highest BCUT2D eigenvalue weighted by Gasteiger charge is 2.67. The van der Waals surface area contributed by atoms with Crippen LogP contribution in [0.5, 0.6) is 0 Å². The Labute approximate surface area is 140 Å². The summed E-state index contributed by atoms with van der Waals surface area (Å²) in [6.07, 6.45) is -0.291.